The lowest BCUT2D eigenvalue weighted by atomic mass is 10.0. The number of para-hydroxylation sites is 2. The molecular formula is C54H34N2S. The summed E-state index contributed by atoms with van der Waals surface area (Å²) in [6.45, 7) is 0. The number of hydrogen-bond acceptors (Lipinski definition) is 1. The molecule has 12 aromatic rings. The highest BCUT2D eigenvalue weighted by atomic mass is 32.1. The van der Waals surface area contributed by atoms with Gasteiger partial charge in [0.1, 0.15) is 0 Å². The predicted octanol–water partition coefficient (Wildman–Crippen LogP) is 15.2. The van der Waals surface area contributed by atoms with Crippen molar-refractivity contribution in [2.24, 2.45) is 0 Å². The van der Waals surface area contributed by atoms with Gasteiger partial charge in [-0.25, -0.2) is 0 Å². The average molecular weight is 766 g/mol. The first-order valence-electron chi connectivity index (χ1n) is 29.1. The Morgan fingerprint density at radius 3 is 1.74 bits per heavy atom. The zero-order valence-corrected chi connectivity index (χ0v) is 30.0. The maximum absolute atomic E-state index is 10.0. The highest BCUT2D eigenvalue weighted by Crippen LogP contribution is 2.41. The van der Waals surface area contributed by atoms with E-state index in [0.29, 0.717) is 5.69 Å². The number of hydrogen-bond donors (Lipinski definition) is 0. The molecule has 0 unspecified atom stereocenters. The van der Waals surface area contributed by atoms with E-state index < -0.39 is 161 Å². The number of fused-ring (bicyclic) bond motifs is 9. The van der Waals surface area contributed by atoms with Crippen LogP contribution in [0.25, 0.3) is 109 Å². The van der Waals surface area contributed by atoms with Crippen molar-refractivity contribution in [3.63, 3.8) is 0 Å². The highest BCUT2D eigenvalue weighted by molar-refractivity contribution is 7.25. The molecule has 12 rings (SSSR count). The summed E-state index contributed by atoms with van der Waals surface area (Å²) in [5.74, 6) is 0. The van der Waals surface area contributed by atoms with Crippen LogP contribution in [-0.4, -0.2) is 9.13 Å². The molecule has 2 nitrogen and oxygen atoms in total. The monoisotopic (exact) mass is 765 g/mol. The van der Waals surface area contributed by atoms with Gasteiger partial charge in [0.15, 0.2) is 0 Å². The minimum atomic E-state index is -0.748. The quantitative estimate of drug-likeness (QED) is 0.165. The second-order valence-electron chi connectivity index (χ2n) is 13.1. The Morgan fingerprint density at radius 2 is 0.930 bits per heavy atom. The Morgan fingerprint density at radius 1 is 0.333 bits per heavy atom. The van der Waals surface area contributed by atoms with Gasteiger partial charge in [0.05, 0.1) is 53.6 Å². The molecule has 3 heteroatoms. The third-order valence-electron chi connectivity index (χ3n) is 9.95. The van der Waals surface area contributed by atoms with Crippen molar-refractivity contribution in [3.05, 3.63) is 206 Å². The van der Waals surface area contributed by atoms with Crippen LogP contribution in [0.3, 0.4) is 0 Å². The molecule has 9 aromatic carbocycles. The van der Waals surface area contributed by atoms with Crippen molar-refractivity contribution in [1.82, 2.24) is 9.13 Å². The van der Waals surface area contributed by atoms with Gasteiger partial charge >= 0.3 is 0 Å². The Hall–Kier alpha value is -7.20. The first-order valence-corrected chi connectivity index (χ1v) is 18.5. The van der Waals surface area contributed by atoms with Crippen LogP contribution in [0, 0.1) is 0 Å². The second-order valence-corrected chi connectivity index (χ2v) is 14.2. The Balaban J connectivity index is 1.18. The fourth-order valence-electron chi connectivity index (χ4n) is 7.37. The van der Waals surface area contributed by atoms with E-state index in [1.54, 1.807) is 24.3 Å². The van der Waals surface area contributed by atoms with E-state index in [0.717, 1.165) is 33.1 Å². The lowest BCUT2D eigenvalue weighted by molar-refractivity contribution is 1.18. The minimum Gasteiger partial charge on any atom is -0.309 e. The molecule has 0 N–H and O–H groups in total. The van der Waals surface area contributed by atoms with E-state index in [-0.39, 0.29) is 69.5 Å². The molecule has 0 aliphatic carbocycles. The van der Waals surface area contributed by atoms with Crippen LogP contribution in [-0.2, 0) is 0 Å². The Bertz CT molecular complexity index is 4820. The van der Waals surface area contributed by atoms with Crippen molar-refractivity contribution in [3.8, 4) is 44.8 Å². The molecule has 0 saturated carbocycles. The summed E-state index contributed by atoms with van der Waals surface area (Å²) in [5.41, 5.74) is -0.994. The maximum Gasteiger partial charge on any atom is 0.0652 e. The van der Waals surface area contributed by atoms with Gasteiger partial charge in [-0.3, -0.25) is 0 Å². The summed E-state index contributed by atoms with van der Waals surface area (Å²) in [6.07, 6.45) is 0. The van der Waals surface area contributed by atoms with E-state index in [2.05, 4.69) is 0 Å². The topological polar surface area (TPSA) is 9.86 Å². The molecule has 3 heterocycles. The van der Waals surface area contributed by atoms with Gasteiger partial charge in [0.2, 0.25) is 0 Å². The van der Waals surface area contributed by atoms with Crippen molar-refractivity contribution < 1.29 is 31.5 Å². The standard InChI is InChI=1S/C54H34N2S/c1-3-11-35(12-4-1)37-19-24-41(25-20-37)55-49-17-9-7-15-43(49)45-27-21-40(33-52(45)55)39-22-28-51-46(31-39)44-16-8-10-18-50(44)56(51)42-26-30-54-48(34-42)47-32-38(23-29-53(47)57-54)36-13-5-2-6-14-36/h1-34H/i2D,5D,6D,7D,8D,9D,10D,13D,14D,15D,16D,17D,18D,21D,22D,23D,26D,27D,29D,30D,31D,32D,33D. The lowest BCUT2D eigenvalue weighted by Gasteiger charge is -2.11. The van der Waals surface area contributed by atoms with Gasteiger partial charge in [-0.2, -0.15) is 0 Å². The maximum atomic E-state index is 10.0. The Labute approximate surface area is 366 Å². The van der Waals surface area contributed by atoms with Crippen LogP contribution >= 0.6 is 11.3 Å². The molecule has 0 fully saturated rings. The minimum absolute atomic E-state index is 0.0126. The molecule has 0 radical (unpaired) electrons. The fourth-order valence-corrected chi connectivity index (χ4v) is 8.31. The van der Waals surface area contributed by atoms with E-state index in [1.165, 1.54) is 10.6 Å². The van der Waals surface area contributed by atoms with Crippen LogP contribution in [0.5, 0.6) is 0 Å². The normalized spacial score (nSPS) is 17.5. The largest absolute Gasteiger partial charge is 0.309 e. The molecule has 0 atom stereocenters. The number of rotatable bonds is 5. The van der Waals surface area contributed by atoms with E-state index in [1.807, 2.05) is 30.3 Å². The second kappa shape index (κ2) is 12.7. The molecule has 0 bridgehead atoms. The van der Waals surface area contributed by atoms with Crippen molar-refractivity contribution in [2.45, 2.75) is 0 Å². The van der Waals surface area contributed by atoms with Crippen LogP contribution in [0.4, 0.5) is 0 Å². The SMILES string of the molecule is [2H]c1cc2c(c([2H])c1-c1c([2H])c([2H])c3c4c([2H])c([2H])c([2H])c([2H])c4n(-c4ccc(-c5ccccc5)cc4)c3c1[2H])c1c([2H])c([2H])c([2H])c([2H])c1n2-c1cc2c(sc3c([2H])c([2H])c(-c4c([2H])c([2H])c([2H])c([2H])c4[2H])c([2H])c32)c([2H])c1[2H]. The predicted molar refractivity (Wildman–Crippen MR) is 244 cm³/mol. The van der Waals surface area contributed by atoms with Crippen molar-refractivity contribution in [1.29, 1.82) is 0 Å². The van der Waals surface area contributed by atoms with Gasteiger partial charge in [-0.05, 0) is 106 Å². The fraction of sp³-hybridized carbons (Fsp3) is 0. The smallest absolute Gasteiger partial charge is 0.0652 e. The van der Waals surface area contributed by atoms with Crippen molar-refractivity contribution >= 4 is 75.1 Å². The third-order valence-corrected chi connectivity index (χ3v) is 11.0. The first kappa shape index (κ1) is 16.9. The lowest BCUT2D eigenvalue weighted by Crippen LogP contribution is -1.94. The van der Waals surface area contributed by atoms with Gasteiger partial charge in [0, 0.05) is 53.1 Å². The third kappa shape index (κ3) is 5.10. The molecule has 0 amide bonds. The van der Waals surface area contributed by atoms with Crippen LogP contribution in [0.15, 0.2) is 206 Å². The Kier molecular flexibility index (Phi) is 3.75. The molecule has 3 aromatic heterocycles. The van der Waals surface area contributed by atoms with Gasteiger partial charge in [-0.1, -0.05) is 133 Å². The number of thiophene rings is 1. The summed E-state index contributed by atoms with van der Waals surface area (Å²) < 4.78 is 212. The molecule has 57 heavy (non-hydrogen) atoms. The zero-order valence-electron chi connectivity index (χ0n) is 52.2. The zero-order chi connectivity index (χ0) is 57.5. The summed E-state index contributed by atoms with van der Waals surface area (Å²) in [6, 6.07) is 4.06. The van der Waals surface area contributed by atoms with Crippen LogP contribution in [0.2, 0.25) is 0 Å². The molecular weight excluding hydrogens is 709 g/mol. The van der Waals surface area contributed by atoms with Crippen LogP contribution < -0.4 is 0 Å². The molecule has 0 spiro atoms. The molecule has 0 saturated heterocycles. The number of aromatic nitrogens is 2. The molecule has 0 aliphatic heterocycles. The number of benzene rings is 9. The van der Waals surface area contributed by atoms with Crippen LogP contribution in [0.1, 0.15) is 31.5 Å². The van der Waals surface area contributed by atoms with Gasteiger partial charge < -0.3 is 9.13 Å². The van der Waals surface area contributed by atoms with Crippen molar-refractivity contribution in [2.75, 3.05) is 0 Å². The highest BCUT2D eigenvalue weighted by Gasteiger charge is 2.17. The number of nitrogens with zero attached hydrogens (tertiary/aromatic N) is 2. The molecule has 266 valence electrons. The summed E-state index contributed by atoms with van der Waals surface area (Å²) in [4.78, 5) is 0. The molecule has 0 aliphatic rings. The van der Waals surface area contributed by atoms with E-state index in [9.17, 15) is 13.7 Å². The van der Waals surface area contributed by atoms with Gasteiger partial charge in [0.25, 0.3) is 0 Å². The summed E-state index contributed by atoms with van der Waals surface area (Å²) in [5, 5.41) is -0.990. The van der Waals surface area contributed by atoms with Gasteiger partial charge in [-0.15, -0.1) is 11.3 Å². The summed E-state index contributed by atoms with van der Waals surface area (Å²) in [7, 11) is 0. The summed E-state index contributed by atoms with van der Waals surface area (Å²) >= 11 is 0.798. The van der Waals surface area contributed by atoms with E-state index >= 15 is 0 Å². The first-order chi connectivity index (χ1) is 37.8. The van der Waals surface area contributed by atoms with E-state index in [4.69, 9.17) is 17.8 Å². The average Bonchev–Trinajstić information content (AvgIpc) is 4.18.